The summed E-state index contributed by atoms with van der Waals surface area (Å²) in [7, 11) is -3.65. The van der Waals surface area contributed by atoms with Gasteiger partial charge in [-0.2, -0.15) is 0 Å². The van der Waals surface area contributed by atoms with Gasteiger partial charge in [0.2, 0.25) is 10.0 Å². The van der Waals surface area contributed by atoms with E-state index >= 15 is 0 Å². The van der Waals surface area contributed by atoms with Crippen molar-refractivity contribution in [3.63, 3.8) is 0 Å². The van der Waals surface area contributed by atoms with Gasteiger partial charge in [-0.05, 0) is 18.2 Å². The van der Waals surface area contributed by atoms with Gasteiger partial charge in [-0.1, -0.05) is 6.07 Å². The van der Waals surface area contributed by atoms with Gasteiger partial charge in [-0.3, -0.25) is 0 Å². The summed E-state index contributed by atoms with van der Waals surface area (Å²) in [5, 5.41) is 11.0. The molecule has 0 fully saturated rings. The van der Waals surface area contributed by atoms with E-state index in [1.165, 1.54) is 23.5 Å². The number of hydrogen-bond donors (Lipinski definition) is 2. The molecule has 0 atom stereocenters. The second kappa shape index (κ2) is 4.82. The van der Waals surface area contributed by atoms with Crippen LogP contribution in [0.1, 0.15) is 5.01 Å². The summed E-state index contributed by atoms with van der Waals surface area (Å²) in [5.41, 5.74) is 0.701. The first kappa shape index (κ1) is 12.0. The second-order valence-electron chi connectivity index (χ2n) is 3.35. The number of nitrogens with two attached hydrogens (primary N) is 1. The number of primary sulfonamides is 1. The van der Waals surface area contributed by atoms with E-state index in [-0.39, 0.29) is 4.90 Å². The number of anilines is 1. The van der Waals surface area contributed by atoms with Gasteiger partial charge >= 0.3 is 0 Å². The Kier molecular flexibility index (Phi) is 3.41. The van der Waals surface area contributed by atoms with Gasteiger partial charge in [0, 0.05) is 17.3 Å². The minimum absolute atomic E-state index is 0.0987. The van der Waals surface area contributed by atoms with E-state index in [0.717, 1.165) is 5.01 Å². The molecule has 0 aliphatic rings. The van der Waals surface area contributed by atoms with Gasteiger partial charge in [0.15, 0.2) is 0 Å². The number of rotatable bonds is 4. The van der Waals surface area contributed by atoms with E-state index in [9.17, 15) is 8.42 Å². The molecular weight excluding hydrogens is 258 g/mol. The van der Waals surface area contributed by atoms with Crippen LogP contribution in [0, 0.1) is 0 Å². The van der Waals surface area contributed by atoms with Crippen molar-refractivity contribution >= 4 is 27.0 Å². The molecule has 17 heavy (non-hydrogen) atoms. The van der Waals surface area contributed by atoms with Crippen LogP contribution in [0.3, 0.4) is 0 Å². The van der Waals surface area contributed by atoms with Crippen LogP contribution in [-0.2, 0) is 16.6 Å². The number of hydrogen-bond acceptors (Lipinski definition) is 5. The van der Waals surface area contributed by atoms with E-state index in [2.05, 4.69) is 10.3 Å². The molecule has 2 aromatic rings. The fourth-order valence-corrected chi connectivity index (χ4v) is 2.42. The van der Waals surface area contributed by atoms with Crippen LogP contribution >= 0.6 is 11.3 Å². The first-order valence-electron chi connectivity index (χ1n) is 4.81. The number of sulfonamides is 1. The van der Waals surface area contributed by atoms with Crippen LogP contribution in [-0.4, -0.2) is 13.4 Å². The predicted octanol–water partition coefficient (Wildman–Crippen LogP) is 1.40. The number of benzene rings is 1. The molecule has 0 saturated carbocycles. The summed E-state index contributed by atoms with van der Waals surface area (Å²) >= 11 is 1.54. The molecule has 0 amide bonds. The average Bonchev–Trinajstić information content (AvgIpc) is 2.78. The Morgan fingerprint density at radius 2 is 2.24 bits per heavy atom. The quantitative estimate of drug-likeness (QED) is 0.878. The summed E-state index contributed by atoms with van der Waals surface area (Å²) in [4.78, 5) is 4.21. The summed E-state index contributed by atoms with van der Waals surface area (Å²) < 4.78 is 22.3. The van der Waals surface area contributed by atoms with Gasteiger partial charge in [-0.15, -0.1) is 11.3 Å². The maximum Gasteiger partial charge on any atom is 0.238 e. The van der Waals surface area contributed by atoms with Crippen molar-refractivity contribution in [2.75, 3.05) is 5.32 Å². The van der Waals surface area contributed by atoms with E-state index in [1.807, 2.05) is 5.38 Å². The Morgan fingerprint density at radius 3 is 2.88 bits per heavy atom. The van der Waals surface area contributed by atoms with Crippen molar-refractivity contribution in [1.82, 2.24) is 4.98 Å². The normalized spacial score (nSPS) is 11.4. The molecule has 0 saturated heterocycles. The molecule has 0 spiro atoms. The summed E-state index contributed by atoms with van der Waals surface area (Å²) in [6, 6.07) is 6.39. The minimum atomic E-state index is -3.65. The van der Waals surface area contributed by atoms with E-state index < -0.39 is 10.0 Å². The third-order valence-electron chi connectivity index (χ3n) is 2.09. The zero-order valence-electron chi connectivity index (χ0n) is 8.83. The molecule has 1 heterocycles. The highest BCUT2D eigenvalue weighted by molar-refractivity contribution is 7.89. The fraction of sp³-hybridized carbons (Fsp3) is 0.100. The molecule has 7 heteroatoms. The van der Waals surface area contributed by atoms with E-state index in [4.69, 9.17) is 5.14 Å². The summed E-state index contributed by atoms with van der Waals surface area (Å²) in [6.07, 6.45) is 1.72. The van der Waals surface area contributed by atoms with Crippen molar-refractivity contribution < 1.29 is 8.42 Å². The molecular formula is C10H11N3O2S2. The first-order chi connectivity index (χ1) is 8.05. The molecule has 90 valence electrons. The third-order valence-corrected chi connectivity index (χ3v) is 3.78. The fourth-order valence-electron chi connectivity index (χ4n) is 1.30. The predicted molar refractivity (Wildman–Crippen MR) is 67.3 cm³/mol. The molecule has 0 aliphatic heterocycles. The number of nitrogens with one attached hydrogen (secondary N) is 1. The Labute approximate surface area is 103 Å². The average molecular weight is 269 g/mol. The van der Waals surface area contributed by atoms with Gasteiger partial charge in [0.25, 0.3) is 0 Å². The highest BCUT2D eigenvalue weighted by atomic mass is 32.2. The van der Waals surface area contributed by atoms with Gasteiger partial charge in [0.05, 0.1) is 11.4 Å². The minimum Gasteiger partial charge on any atom is -0.378 e. The lowest BCUT2D eigenvalue weighted by Crippen LogP contribution is -2.12. The molecule has 3 N–H and O–H groups in total. The molecule has 5 nitrogen and oxygen atoms in total. The van der Waals surface area contributed by atoms with Crippen molar-refractivity contribution in [2.24, 2.45) is 5.14 Å². The molecule has 2 rings (SSSR count). The van der Waals surface area contributed by atoms with Crippen LogP contribution in [0.2, 0.25) is 0 Å². The van der Waals surface area contributed by atoms with Gasteiger partial charge in [-0.25, -0.2) is 18.5 Å². The number of aromatic nitrogens is 1. The summed E-state index contributed by atoms with van der Waals surface area (Å²) in [6.45, 7) is 0.561. The monoisotopic (exact) mass is 269 g/mol. The lowest BCUT2D eigenvalue weighted by molar-refractivity contribution is 0.598. The Balaban J connectivity index is 2.12. The standard InChI is InChI=1S/C10H11N3O2S2/c11-17(14,15)9-3-1-2-8(6-9)13-7-10-12-4-5-16-10/h1-6,13H,7H2,(H2,11,14,15). The SMILES string of the molecule is NS(=O)(=O)c1cccc(NCc2nccs2)c1. The van der Waals surface area contributed by atoms with Crippen molar-refractivity contribution in [3.05, 3.63) is 40.8 Å². The number of nitrogens with zero attached hydrogens (tertiary/aromatic N) is 1. The zero-order valence-corrected chi connectivity index (χ0v) is 10.5. The largest absolute Gasteiger partial charge is 0.378 e. The Hall–Kier alpha value is -1.44. The number of thiazole rings is 1. The maximum atomic E-state index is 11.2. The van der Waals surface area contributed by atoms with Gasteiger partial charge < -0.3 is 5.32 Å². The molecule has 1 aromatic carbocycles. The molecule has 0 bridgehead atoms. The smallest absolute Gasteiger partial charge is 0.238 e. The van der Waals surface area contributed by atoms with E-state index in [1.54, 1.807) is 18.3 Å². The molecule has 0 aliphatic carbocycles. The molecule has 1 aromatic heterocycles. The zero-order chi connectivity index (χ0) is 12.3. The topological polar surface area (TPSA) is 85.1 Å². The van der Waals surface area contributed by atoms with Crippen molar-refractivity contribution in [3.8, 4) is 0 Å². The maximum absolute atomic E-state index is 11.2. The van der Waals surface area contributed by atoms with Crippen LogP contribution in [0.25, 0.3) is 0 Å². The lowest BCUT2D eigenvalue weighted by Gasteiger charge is -2.05. The Morgan fingerprint density at radius 1 is 1.41 bits per heavy atom. The Bertz CT molecular complexity index is 594. The molecule has 0 unspecified atom stereocenters. The van der Waals surface area contributed by atoms with Crippen LogP contribution in [0.15, 0.2) is 40.7 Å². The highest BCUT2D eigenvalue weighted by Crippen LogP contribution is 2.15. The van der Waals surface area contributed by atoms with Crippen LogP contribution in [0.5, 0.6) is 0 Å². The third kappa shape index (κ3) is 3.26. The van der Waals surface area contributed by atoms with Crippen molar-refractivity contribution in [2.45, 2.75) is 11.4 Å². The first-order valence-corrected chi connectivity index (χ1v) is 7.23. The van der Waals surface area contributed by atoms with Crippen LogP contribution in [0.4, 0.5) is 5.69 Å². The van der Waals surface area contributed by atoms with Crippen molar-refractivity contribution in [1.29, 1.82) is 0 Å². The van der Waals surface area contributed by atoms with Crippen LogP contribution < -0.4 is 10.5 Å². The summed E-state index contributed by atoms with van der Waals surface area (Å²) in [5.74, 6) is 0. The highest BCUT2D eigenvalue weighted by Gasteiger charge is 2.07. The second-order valence-corrected chi connectivity index (χ2v) is 5.89. The lowest BCUT2D eigenvalue weighted by atomic mass is 10.3. The molecule has 0 radical (unpaired) electrons. The van der Waals surface area contributed by atoms with E-state index in [0.29, 0.717) is 12.2 Å². The van der Waals surface area contributed by atoms with Gasteiger partial charge in [0.1, 0.15) is 5.01 Å².